The van der Waals surface area contributed by atoms with Crippen LogP contribution >= 0.6 is 0 Å². The molecule has 0 saturated heterocycles. The number of halogens is 3. The molecule has 0 aromatic heterocycles. The number of benzene rings is 2. The highest BCUT2D eigenvalue weighted by Gasteiger charge is 2.19. The van der Waals surface area contributed by atoms with Crippen LogP contribution < -0.4 is 4.74 Å². The van der Waals surface area contributed by atoms with E-state index < -0.39 is 17.5 Å². The Kier molecular flexibility index (Phi) is 3.55. The molecule has 2 rings (SSSR count). The first-order valence-electron chi connectivity index (χ1n) is 5.36. The second-order valence-corrected chi connectivity index (χ2v) is 3.77. The van der Waals surface area contributed by atoms with Crippen molar-refractivity contribution in [2.75, 3.05) is 7.11 Å². The number of hydrogen-bond donors (Lipinski definition) is 0. The summed E-state index contributed by atoms with van der Waals surface area (Å²) in [7, 11) is 1.19. The SMILES string of the molecule is COc1ccc(-c2c(F)cccc2C=O)c(F)c1F. The average molecular weight is 266 g/mol. The largest absolute Gasteiger partial charge is 0.494 e. The van der Waals surface area contributed by atoms with Crippen molar-refractivity contribution in [1.82, 2.24) is 0 Å². The summed E-state index contributed by atoms with van der Waals surface area (Å²) < 4.78 is 45.9. The number of aldehydes is 1. The van der Waals surface area contributed by atoms with E-state index in [9.17, 15) is 18.0 Å². The zero-order chi connectivity index (χ0) is 14.0. The standard InChI is InChI=1S/C14H9F3O2/c1-19-11-6-5-9(13(16)14(11)17)12-8(7-18)3-2-4-10(12)15/h2-7H,1H3. The Morgan fingerprint density at radius 2 is 1.79 bits per heavy atom. The van der Waals surface area contributed by atoms with Gasteiger partial charge in [0.05, 0.1) is 7.11 Å². The minimum atomic E-state index is -1.26. The molecule has 2 aromatic carbocycles. The van der Waals surface area contributed by atoms with Crippen molar-refractivity contribution in [2.45, 2.75) is 0 Å². The highest BCUT2D eigenvalue weighted by atomic mass is 19.2. The Labute approximate surface area is 107 Å². The quantitative estimate of drug-likeness (QED) is 0.793. The average Bonchev–Trinajstić information content (AvgIpc) is 2.42. The van der Waals surface area contributed by atoms with Gasteiger partial charge in [-0.2, -0.15) is 4.39 Å². The zero-order valence-corrected chi connectivity index (χ0v) is 9.91. The summed E-state index contributed by atoms with van der Waals surface area (Å²) in [5.41, 5.74) is -0.640. The van der Waals surface area contributed by atoms with Gasteiger partial charge in [-0.15, -0.1) is 0 Å². The van der Waals surface area contributed by atoms with Crippen LogP contribution in [0.4, 0.5) is 13.2 Å². The van der Waals surface area contributed by atoms with E-state index >= 15 is 0 Å². The molecule has 0 aliphatic rings. The molecule has 0 aliphatic heterocycles. The van der Waals surface area contributed by atoms with E-state index in [1.165, 1.54) is 31.4 Å². The molecule has 0 N–H and O–H groups in total. The summed E-state index contributed by atoms with van der Waals surface area (Å²) in [5.74, 6) is -3.56. The lowest BCUT2D eigenvalue weighted by Gasteiger charge is -2.10. The molecule has 0 heterocycles. The van der Waals surface area contributed by atoms with Gasteiger partial charge in [0.1, 0.15) is 5.82 Å². The van der Waals surface area contributed by atoms with Gasteiger partial charge in [0.15, 0.2) is 17.9 Å². The third-order valence-corrected chi connectivity index (χ3v) is 2.71. The first-order valence-corrected chi connectivity index (χ1v) is 5.36. The fraction of sp³-hybridized carbons (Fsp3) is 0.0714. The van der Waals surface area contributed by atoms with E-state index in [1.54, 1.807) is 0 Å². The summed E-state index contributed by atoms with van der Waals surface area (Å²) in [6.45, 7) is 0. The lowest BCUT2D eigenvalue weighted by Crippen LogP contribution is -1.99. The fourth-order valence-electron chi connectivity index (χ4n) is 1.81. The molecule has 0 amide bonds. The van der Waals surface area contributed by atoms with Crippen LogP contribution in [0.1, 0.15) is 10.4 Å². The molecule has 98 valence electrons. The number of carbonyl (C=O) groups excluding carboxylic acids is 1. The Balaban J connectivity index is 2.73. The lowest BCUT2D eigenvalue weighted by molar-refractivity contribution is 0.112. The van der Waals surface area contributed by atoms with Crippen molar-refractivity contribution in [3.63, 3.8) is 0 Å². The predicted octanol–water partition coefficient (Wildman–Crippen LogP) is 3.59. The minimum absolute atomic E-state index is 0.0523. The topological polar surface area (TPSA) is 26.3 Å². The van der Waals surface area contributed by atoms with Crippen molar-refractivity contribution in [3.05, 3.63) is 53.3 Å². The van der Waals surface area contributed by atoms with E-state index in [-0.39, 0.29) is 22.4 Å². The minimum Gasteiger partial charge on any atom is -0.494 e. The molecule has 0 atom stereocenters. The summed E-state index contributed by atoms with van der Waals surface area (Å²) >= 11 is 0. The van der Waals surface area contributed by atoms with Gasteiger partial charge in [0.25, 0.3) is 0 Å². The van der Waals surface area contributed by atoms with Gasteiger partial charge in [-0.25, -0.2) is 8.78 Å². The monoisotopic (exact) mass is 266 g/mol. The normalized spacial score (nSPS) is 10.3. The van der Waals surface area contributed by atoms with E-state index in [0.717, 1.165) is 6.07 Å². The molecule has 0 bridgehead atoms. The molecule has 2 nitrogen and oxygen atoms in total. The Bertz CT molecular complexity index is 639. The Hall–Kier alpha value is -2.30. The van der Waals surface area contributed by atoms with Gasteiger partial charge in [-0.1, -0.05) is 12.1 Å². The zero-order valence-electron chi connectivity index (χ0n) is 9.91. The van der Waals surface area contributed by atoms with Crippen LogP contribution in [0.2, 0.25) is 0 Å². The highest BCUT2D eigenvalue weighted by Crippen LogP contribution is 2.32. The number of ether oxygens (including phenoxy) is 1. The molecule has 0 saturated carbocycles. The van der Waals surface area contributed by atoms with Crippen LogP contribution in [0.5, 0.6) is 5.75 Å². The number of carbonyl (C=O) groups is 1. The Morgan fingerprint density at radius 1 is 1.05 bits per heavy atom. The number of hydrogen-bond acceptors (Lipinski definition) is 2. The van der Waals surface area contributed by atoms with Gasteiger partial charge >= 0.3 is 0 Å². The van der Waals surface area contributed by atoms with E-state index in [4.69, 9.17) is 0 Å². The first kappa shape index (κ1) is 13.1. The Morgan fingerprint density at radius 3 is 2.42 bits per heavy atom. The molecular weight excluding hydrogens is 257 g/mol. The van der Waals surface area contributed by atoms with E-state index in [1.807, 2.05) is 0 Å². The maximum atomic E-state index is 13.9. The third kappa shape index (κ3) is 2.19. The number of methoxy groups -OCH3 is 1. The molecule has 0 spiro atoms. The van der Waals surface area contributed by atoms with Crippen LogP contribution in [-0.4, -0.2) is 13.4 Å². The maximum absolute atomic E-state index is 13.9. The van der Waals surface area contributed by atoms with Gasteiger partial charge in [-0.05, 0) is 18.2 Å². The van der Waals surface area contributed by atoms with Crippen molar-refractivity contribution in [3.8, 4) is 16.9 Å². The molecule has 2 aromatic rings. The fourth-order valence-corrected chi connectivity index (χ4v) is 1.81. The van der Waals surface area contributed by atoms with Gasteiger partial charge in [0.2, 0.25) is 5.82 Å². The summed E-state index contributed by atoms with van der Waals surface area (Å²) in [4.78, 5) is 10.9. The van der Waals surface area contributed by atoms with Crippen molar-refractivity contribution < 1.29 is 22.7 Å². The molecule has 0 unspecified atom stereocenters. The molecular formula is C14H9F3O2. The smallest absolute Gasteiger partial charge is 0.201 e. The molecule has 5 heteroatoms. The van der Waals surface area contributed by atoms with Crippen molar-refractivity contribution in [2.24, 2.45) is 0 Å². The van der Waals surface area contributed by atoms with E-state index in [0.29, 0.717) is 6.29 Å². The van der Waals surface area contributed by atoms with Gasteiger partial charge in [0, 0.05) is 16.7 Å². The third-order valence-electron chi connectivity index (χ3n) is 2.71. The van der Waals surface area contributed by atoms with Gasteiger partial charge < -0.3 is 4.74 Å². The van der Waals surface area contributed by atoms with E-state index in [2.05, 4.69) is 4.74 Å². The maximum Gasteiger partial charge on any atom is 0.201 e. The van der Waals surface area contributed by atoms with Crippen molar-refractivity contribution >= 4 is 6.29 Å². The first-order chi connectivity index (χ1) is 9.10. The molecule has 19 heavy (non-hydrogen) atoms. The predicted molar refractivity (Wildman–Crippen MR) is 63.7 cm³/mol. The second-order valence-electron chi connectivity index (χ2n) is 3.77. The second kappa shape index (κ2) is 5.14. The van der Waals surface area contributed by atoms with Crippen LogP contribution in [0, 0.1) is 17.5 Å². The number of rotatable bonds is 3. The summed E-state index contributed by atoms with van der Waals surface area (Å²) in [6, 6.07) is 6.06. The van der Waals surface area contributed by atoms with Crippen LogP contribution in [0.3, 0.4) is 0 Å². The molecule has 0 fully saturated rings. The summed E-state index contributed by atoms with van der Waals surface area (Å²) in [5, 5.41) is 0. The highest BCUT2D eigenvalue weighted by molar-refractivity contribution is 5.88. The van der Waals surface area contributed by atoms with Crippen LogP contribution in [0.15, 0.2) is 30.3 Å². The molecule has 0 radical (unpaired) electrons. The molecule has 0 aliphatic carbocycles. The van der Waals surface area contributed by atoms with Crippen molar-refractivity contribution in [1.29, 1.82) is 0 Å². The lowest BCUT2D eigenvalue weighted by atomic mass is 9.99. The van der Waals surface area contributed by atoms with Crippen LogP contribution in [0.25, 0.3) is 11.1 Å². The van der Waals surface area contributed by atoms with Crippen LogP contribution in [-0.2, 0) is 0 Å². The summed E-state index contributed by atoms with van der Waals surface area (Å²) in [6.07, 6.45) is 0.389. The van der Waals surface area contributed by atoms with Gasteiger partial charge in [-0.3, -0.25) is 4.79 Å².